The Morgan fingerprint density at radius 1 is 1.00 bits per heavy atom. The Kier molecular flexibility index (Phi) is 7.92. The molecule has 8 nitrogen and oxygen atoms in total. The minimum Gasteiger partial charge on any atom is -0.369 e. The first kappa shape index (κ1) is 24.3. The number of nitrogens with one attached hydrogen (secondary N) is 2. The van der Waals surface area contributed by atoms with Crippen LogP contribution in [-0.2, 0) is 14.4 Å². The zero-order valence-electron chi connectivity index (χ0n) is 18.7. The molecule has 2 N–H and O–H groups in total. The summed E-state index contributed by atoms with van der Waals surface area (Å²) in [6.45, 7) is 3.94. The Morgan fingerprint density at radius 3 is 2.50 bits per heavy atom. The highest BCUT2D eigenvalue weighted by molar-refractivity contribution is 6.33. The third-order valence-electron chi connectivity index (χ3n) is 6.08. The standard InChI is InChI=1S/C24H27Cl2N5O3/c25-17-4-3-5-18(14-17)30-12-10-29(11-13-30)16-23(33)31-9-8-27-24(34)21(31)15-22(32)28-20-7-2-1-6-19(20)26/h1-7,14,21H,8-13,15-16H2,(H,27,34)(H,28,32)/t21-/m0/s1. The number of para-hydroxylation sites is 1. The number of carbonyl (C=O) groups is 3. The van der Waals surface area contributed by atoms with Gasteiger partial charge < -0.3 is 20.4 Å². The Bertz CT molecular complexity index is 1060. The summed E-state index contributed by atoms with van der Waals surface area (Å²) >= 11 is 12.2. The van der Waals surface area contributed by atoms with E-state index in [2.05, 4.69) is 20.4 Å². The molecular formula is C24H27Cl2N5O3. The molecule has 10 heteroatoms. The lowest BCUT2D eigenvalue weighted by atomic mass is 10.1. The molecule has 0 unspecified atom stereocenters. The first-order chi connectivity index (χ1) is 16.4. The smallest absolute Gasteiger partial charge is 0.243 e. The molecule has 34 heavy (non-hydrogen) atoms. The molecule has 0 aromatic heterocycles. The van der Waals surface area contributed by atoms with Crippen LogP contribution >= 0.6 is 23.2 Å². The van der Waals surface area contributed by atoms with Crippen LogP contribution in [0.4, 0.5) is 11.4 Å². The fourth-order valence-corrected chi connectivity index (χ4v) is 4.64. The van der Waals surface area contributed by atoms with E-state index >= 15 is 0 Å². The van der Waals surface area contributed by atoms with Crippen molar-refractivity contribution in [2.45, 2.75) is 12.5 Å². The van der Waals surface area contributed by atoms with Gasteiger partial charge >= 0.3 is 0 Å². The van der Waals surface area contributed by atoms with Crippen LogP contribution in [0.3, 0.4) is 0 Å². The molecule has 4 rings (SSSR count). The third kappa shape index (κ3) is 6.00. The van der Waals surface area contributed by atoms with E-state index in [0.29, 0.717) is 28.8 Å². The molecule has 180 valence electrons. The third-order valence-corrected chi connectivity index (χ3v) is 6.65. The van der Waals surface area contributed by atoms with Crippen LogP contribution in [-0.4, -0.2) is 79.4 Å². The number of amides is 3. The molecule has 0 radical (unpaired) electrons. The van der Waals surface area contributed by atoms with Crippen molar-refractivity contribution < 1.29 is 14.4 Å². The lowest BCUT2D eigenvalue weighted by Gasteiger charge is -2.39. The van der Waals surface area contributed by atoms with Crippen LogP contribution in [0.1, 0.15) is 6.42 Å². The molecular weight excluding hydrogens is 477 g/mol. The van der Waals surface area contributed by atoms with Crippen LogP contribution in [0.15, 0.2) is 48.5 Å². The van der Waals surface area contributed by atoms with Crippen molar-refractivity contribution in [3.05, 3.63) is 58.6 Å². The van der Waals surface area contributed by atoms with Gasteiger partial charge in [-0.3, -0.25) is 19.3 Å². The number of anilines is 2. The summed E-state index contributed by atoms with van der Waals surface area (Å²) in [5, 5.41) is 6.60. The second-order valence-electron chi connectivity index (χ2n) is 8.37. The molecule has 0 spiro atoms. The summed E-state index contributed by atoms with van der Waals surface area (Å²) in [6.07, 6.45) is -0.134. The first-order valence-electron chi connectivity index (χ1n) is 11.2. The SMILES string of the molecule is O=C(C[C@H]1C(=O)NCCN1C(=O)CN1CCN(c2cccc(Cl)c2)CC1)Nc1ccccc1Cl. The van der Waals surface area contributed by atoms with Crippen molar-refractivity contribution in [1.82, 2.24) is 15.1 Å². The molecule has 2 aliphatic rings. The van der Waals surface area contributed by atoms with Gasteiger partial charge in [-0.25, -0.2) is 0 Å². The maximum absolute atomic E-state index is 13.1. The average Bonchev–Trinajstić information content (AvgIpc) is 2.82. The number of carbonyl (C=O) groups excluding carboxylic acids is 3. The maximum atomic E-state index is 13.1. The summed E-state index contributed by atoms with van der Waals surface area (Å²) in [6, 6.07) is 13.8. The summed E-state index contributed by atoms with van der Waals surface area (Å²) in [7, 11) is 0. The monoisotopic (exact) mass is 503 g/mol. The van der Waals surface area contributed by atoms with E-state index in [1.807, 2.05) is 24.3 Å². The van der Waals surface area contributed by atoms with Crippen molar-refractivity contribution in [2.75, 3.05) is 56.0 Å². The zero-order chi connectivity index (χ0) is 24.1. The molecule has 0 saturated carbocycles. The van der Waals surface area contributed by atoms with Gasteiger partial charge in [-0.2, -0.15) is 0 Å². The van der Waals surface area contributed by atoms with Crippen LogP contribution in [0.2, 0.25) is 10.0 Å². The van der Waals surface area contributed by atoms with Crippen molar-refractivity contribution in [3.8, 4) is 0 Å². The number of piperazine rings is 2. The minimum atomic E-state index is -0.850. The van der Waals surface area contributed by atoms with E-state index in [1.54, 1.807) is 24.3 Å². The van der Waals surface area contributed by atoms with E-state index in [1.165, 1.54) is 4.90 Å². The molecule has 2 aromatic carbocycles. The topological polar surface area (TPSA) is 85.0 Å². The van der Waals surface area contributed by atoms with E-state index in [-0.39, 0.29) is 30.7 Å². The molecule has 3 amide bonds. The predicted octanol–water partition coefficient (Wildman–Crippen LogP) is 2.47. The van der Waals surface area contributed by atoms with Crippen molar-refractivity contribution in [3.63, 3.8) is 0 Å². The fourth-order valence-electron chi connectivity index (χ4n) is 4.27. The van der Waals surface area contributed by atoms with Crippen LogP contribution in [0.25, 0.3) is 0 Å². The van der Waals surface area contributed by atoms with Gasteiger partial charge in [0.05, 0.1) is 23.7 Å². The Morgan fingerprint density at radius 2 is 1.76 bits per heavy atom. The van der Waals surface area contributed by atoms with Gasteiger partial charge in [-0.15, -0.1) is 0 Å². The summed E-state index contributed by atoms with van der Waals surface area (Å²) in [5.41, 5.74) is 1.54. The number of nitrogens with zero attached hydrogens (tertiary/aromatic N) is 3. The average molecular weight is 504 g/mol. The largest absolute Gasteiger partial charge is 0.369 e. The highest BCUT2D eigenvalue weighted by Gasteiger charge is 2.35. The minimum absolute atomic E-state index is 0.134. The molecule has 0 bridgehead atoms. The van der Waals surface area contributed by atoms with E-state index in [9.17, 15) is 14.4 Å². The molecule has 1 atom stereocenters. The summed E-state index contributed by atoms with van der Waals surface area (Å²) < 4.78 is 0. The van der Waals surface area contributed by atoms with Crippen LogP contribution < -0.4 is 15.5 Å². The Balaban J connectivity index is 1.33. The van der Waals surface area contributed by atoms with Crippen molar-refractivity contribution >= 4 is 52.3 Å². The highest BCUT2D eigenvalue weighted by Crippen LogP contribution is 2.22. The number of halogens is 2. The second-order valence-corrected chi connectivity index (χ2v) is 9.21. The van der Waals surface area contributed by atoms with E-state index in [4.69, 9.17) is 23.2 Å². The predicted molar refractivity (Wildman–Crippen MR) is 133 cm³/mol. The van der Waals surface area contributed by atoms with Crippen molar-refractivity contribution in [1.29, 1.82) is 0 Å². The Hall–Kier alpha value is -2.81. The van der Waals surface area contributed by atoms with Gasteiger partial charge in [0.25, 0.3) is 0 Å². The zero-order valence-corrected chi connectivity index (χ0v) is 20.2. The molecule has 2 fully saturated rings. The molecule has 2 heterocycles. The lowest BCUT2D eigenvalue weighted by molar-refractivity contribution is -0.145. The quantitative estimate of drug-likeness (QED) is 0.632. The van der Waals surface area contributed by atoms with Crippen LogP contribution in [0.5, 0.6) is 0 Å². The first-order valence-corrected chi connectivity index (χ1v) is 12.0. The van der Waals surface area contributed by atoms with Gasteiger partial charge in [0.2, 0.25) is 17.7 Å². The summed E-state index contributed by atoms with van der Waals surface area (Å²) in [5.74, 6) is -0.843. The van der Waals surface area contributed by atoms with E-state index in [0.717, 1.165) is 31.9 Å². The Labute approximate surface area is 208 Å². The maximum Gasteiger partial charge on any atom is 0.243 e. The number of rotatable bonds is 6. The van der Waals surface area contributed by atoms with Gasteiger partial charge in [0.15, 0.2) is 0 Å². The fraction of sp³-hybridized carbons (Fsp3) is 0.375. The molecule has 2 aromatic rings. The lowest BCUT2D eigenvalue weighted by Crippen LogP contribution is -2.60. The van der Waals surface area contributed by atoms with E-state index < -0.39 is 6.04 Å². The van der Waals surface area contributed by atoms with Gasteiger partial charge in [-0.05, 0) is 30.3 Å². The van der Waals surface area contributed by atoms with Gasteiger partial charge in [0.1, 0.15) is 6.04 Å². The number of hydrogen-bond acceptors (Lipinski definition) is 5. The number of hydrogen-bond donors (Lipinski definition) is 2. The summed E-state index contributed by atoms with van der Waals surface area (Å²) in [4.78, 5) is 44.1. The van der Waals surface area contributed by atoms with Gasteiger partial charge in [-0.1, -0.05) is 41.4 Å². The van der Waals surface area contributed by atoms with Crippen molar-refractivity contribution in [2.24, 2.45) is 0 Å². The number of benzene rings is 2. The molecule has 2 aliphatic heterocycles. The van der Waals surface area contributed by atoms with Crippen LogP contribution in [0, 0.1) is 0 Å². The molecule has 2 saturated heterocycles. The highest BCUT2D eigenvalue weighted by atomic mass is 35.5. The second kappa shape index (κ2) is 11.1. The molecule has 0 aliphatic carbocycles. The normalized spacial score (nSPS) is 19.0. The van der Waals surface area contributed by atoms with Gasteiger partial charge in [0, 0.05) is 50.0 Å².